The van der Waals surface area contributed by atoms with Crippen molar-refractivity contribution in [1.82, 2.24) is 4.90 Å². The maximum absolute atomic E-state index is 13.2. The van der Waals surface area contributed by atoms with Crippen LogP contribution in [0.4, 0.5) is 4.39 Å². The summed E-state index contributed by atoms with van der Waals surface area (Å²) in [5.41, 5.74) is 0.713. The molecular formula is C19H21FN2O. The third kappa shape index (κ3) is 4.16. The third-order valence-corrected chi connectivity index (χ3v) is 3.96. The Balaban J connectivity index is 2.36. The average molecular weight is 312 g/mol. The molecule has 2 aromatic rings. The summed E-state index contributed by atoms with van der Waals surface area (Å²) in [6.45, 7) is 0.847. The maximum atomic E-state index is 13.2. The first-order valence-corrected chi connectivity index (χ1v) is 7.59. The van der Waals surface area contributed by atoms with Crippen LogP contribution >= 0.6 is 0 Å². The van der Waals surface area contributed by atoms with E-state index < -0.39 is 5.60 Å². The van der Waals surface area contributed by atoms with Crippen LogP contribution in [0.25, 0.3) is 0 Å². The van der Waals surface area contributed by atoms with Crippen molar-refractivity contribution < 1.29 is 9.50 Å². The Kier molecular flexibility index (Phi) is 5.49. The smallest absolute Gasteiger partial charge is 0.123 e. The van der Waals surface area contributed by atoms with Crippen LogP contribution in [0.15, 0.2) is 48.5 Å². The SMILES string of the molecule is CN(C)CCCC(O)(c1ccc(F)cc1)c1ccc(C#N)cc1. The first kappa shape index (κ1) is 17.1. The monoisotopic (exact) mass is 312 g/mol. The van der Waals surface area contributed by atoms with E-state index in [1.165, 1.54) is 12.1 Å². The normalized spacial score (nSPS) is 13.6. The van der Waals surface area contributed by atoms with Gasteiger partial charge in [0, 0.05) is 0 Å². The van der Waals surface area contributed by atoms with E-state index >= 15 is 0 Å². The van der Waals surface area contributed by atoms with Gasteiger partial charge in [-0.1, -0.05) is 24.3 Å². The molecule has 4 heteroatoms. The minimum atomic E-state index is -1.20. The van der Waals surface area contributed by atoms with Crippen molar-refractivity contribution >= 4 is 0 Å². The van der Waals surface area contributed by atoms with E-state index in [-0.39, 0.29) is 5.82 Å². The molecule has 23 heavy (non-hydrogen) atoms. The van der Waals surface area contributed by atoms with Crippen LogP contribution in [0, 0.1) is 17.1 Å². The summed E-state index contributed by atoms with van der Waals surface area (Å²) in [4.78, 5) is 2.06. The largest absolute Gasteiger partial charge is 0.380 e. The molecule has 2 aromatic carbocycles. The molecule has 0 saturated carbocycles. The van der Waals surface area contributed by atoms with Crippen molar-refractivity contribution in [2.45, 2.75) is 18.4 Å². The van der Waals surface area contributed by atoms with Crippen LogP contribution in [0.1, 0.15) is 29.5 Å². The van der Waals surface area contributed by atoms with Gasteiger partial charge < -0.3 is 10.0 Å². The fourth-order valence-corrected chi connectivity index (χ4v) is 2.65. The second kappa shape index (κ2) is 7.36. The first-order chi connectivity index (χ1) is 11.0. The Morgan fingerprint density at radius 2 is 1.57 bits per heavy atom. The molecular weight excluding hydrogens is 291 g/mol. The van der Waals surface area contributed by atoms with Crippen LogP contribution < -0.4 is 0 Å². The summed E-state index contributed by atoms with van der Waals surface area (Å²) < 4.78 is 13.2. The molecule has 120 valence electrons. The van der Waals surface area contributed by atoms with Crippen LogP contribution in [-0.2, 0) is 5.60 Å². The zero-order valence-corrected chi connectivity index (χ0v) is 13.5. The quantitative estimate of drug-likeness (QED) is 0.890. The summed E-state index contributed by atoms with van der Waals surface area (Å²) in [6.07, 6.45) is 1.31. The van der Waals surface area contributed by atoms with Crippen LogP contribution in [-0.4, -0.2) is 30.6 Å². The van der Waals surface area contributed by atoms with Gasteiger partial charge in [0.2, 0.25) is 0 Å². The lowest BCUT2D eigenvalue weighted by atomic mass is 9.82. The second-order valence-corrected chi connectivity index (χ2v) is 5.96. The Bertz CT molecular complexity index is 674. The van der Waals surface area contributed by atoms with Crippen LogP contribution in [0.3, 0.4) is 0 Å². The molecule has 0 spiro atoms. The average Bonchev–Trinajstić information content (AvgIpc) is 2.55. The summed E-state index contributed by atoms with van der Waals surface area (Å²) >= 11 is 0. The van der Waals surface area contributed by atoms with E-state index in [1.54, 1.807) is 36.4 Å². The summed E-state index contributed by atoms with van der Waals surface area (Å²) in [7, 11) is 3.97. The fraction of sp³-hybridized carbons (Fsp3) is 0.316. The van der Waals surface area contributed by atoms with E-state index in [0.29, 0.717) is 23.1 Å². The molecule has 0 saturated heterocycles. The van der Waals surface area contributed by atoms with E-state index in [4.69, 9.17) is 5.26 Å². The van der Waals surface area contributed by atoms with Crippen molar-refractivity contribution in [1.29, 1.82) is 5.26 Å². The number of aliphatic hydroxyl groups is 1. The number of nitriles is 1. The molecule has 0 amide bonds. The van der Waals surface area contributed by atoms with Crippen molar-refractivity contribution in [3.05, 3.63) is 71.0 Å². The van der Waals surface area contributed by atoms with Gasteiger partial charge in [-0.25, -0.2) is 4.39 Å². The Morgan fingerprint density at radius 1 is 1.04 bits per heavy atom. The van der Waals surface area contributed by atoms with E-state index in [9.17, 15) is 9.50 Å². The molecule has 1 N–H and O–H groups in total. The standard InChI is InChI=1S/C19H21FN2O/c1-22(2)13-3-12-19(23,17-8-10-18(20)11-9-17)16-6-4-15(14-21)5-7-16/h4-11,23H,3,12-13H2,1-2H3. The molecule has 0 aromatic heterocycles. The highest BCUT2D eigenvalue weighted by Crippen LogP contribution is 2.34. The highest BCUT2D eigenvalue weighted by Gasteiger charge is 2.31. The topological polar surface area (TPSA) is 47.3 Å². The van der Waals surface area contributed by atoms with Crippen LogP contribution in [0.5, 0.6) is 0 Å². The lowest BCUT2D eigenvalue weighted by Crippen LogP contribution is -2.29. The van der Waals surface area contributed by atoms with Crippen molar-refractivity contribution in [2.75, 3.05) is 20.6 Å². The van der Waals surface area contributed by atoms with Crippen molar-refractivity contribution in [3.8, 4) is 6.07 Å². The molecule has 0 radical (unpaired) electrons. The first-order valence-electron chi connectivity index (χ1n) is 7.59. The molecule has 0 bridgehead atoms. The van der Waals surface area contributed by atoms with Gasteiger partial charge in [0.25, 0.3) is 0 Å². The maximum Gasteiger partial charge on any atom is 0.123 e. The molecule has 0 aliphatic rings. The molecule has 0 heterocycles. The minimum absolute atomic E-state index is 0.329. The van der Waals surface area contributed by atoms with Gasteiger partial charge in [0.15, 0.2) is 0 Å². The molecule has 0 aliphatic carbocycles. The zero-order chi connectivity index (χ0) is 16.9. The summed E-state index contributed by atoms with van der Waals surface area (Å²) in [5, 5.41) is 20.2. The molecule has 0 aliphatic heterocycles. The lowest BCUT2D eigenvalue weighted by Gasteiger charge is -2.30. The second-order valence-electron chi connectivity index (χ2n) is 5.96. The van der Waals surface area contributed by atoms with Gasteiger partial charge in [-0.3, -0.25) is 0 Å². The van der Waals surface area contributed by atoms with E-state index in [1.807, 2.05) is 14.1 Å². The number of hydrogen-bond donors (Lipinski definition) is 1. The van der Waals surface area contributed by atoms with Gasteiger partial charge in [-0.05, 0) is 68.9 Å². The third-order valence-electron chi connectivity index (χ3n) is 3.96. The summed E-state index contributed by atoms with van der Waals surface area (Å²) in [5.74, 6) is -0.329. The Morgan fingerprint density at radius 3 is 2.04 bits per heavy atom. The van der Waals surface area contributed by atoms with Crippen LogP contribution in [0.2, 0.25) is 0 Å². The van der Waals surface area contributed by atoms with E-state index in [0.717, 1.165) is 13.0 Å². The fourth-order valence-electron chi connectivity index (χ4n) is 2.65. The van der Waals surface area contributed by atoms with Gasteiger partial charge in [0.05, 0.1) is 11.6 Å². The number of nitrogens with zero attached hydrogens (tertiary/aromatic N) is 2. The lowest BCUT2D eigenvalue weighted by molar-refractivity contribution is 0.0664. The Hall–Kier alpha value is -2.22. The van der Waals surface area contributed by atoms with Crippen molar-refractivity contribution in [2.24, 2.45) is 0 Å². The predicted molar refractivity (Wildman–Crippen MR) is 88.3 cm³/mol. The zero-order valence-electron chi connectivity index (χ0n) is 13.5. The molecule has 1 unspecified atom stereocenters. The van der Waals surface area contributed by atoms with Gasteiger partial charge in [-0.2, -0.15) is 5.26 Å². The number of benzene rings is 2. The number of rotatable bonds is 6. The molecule has 0 fully saturated rings. The Labute approximate surface area is 136 Å². The summed E-state index contributed by atoms with van der Waals surface area (Å²) in [6, 6.07) is 14.9. The predicted octanol–water partition coefficient (Wildman–Crippen LogP) is 3.28. The van der Waals surface area contributed by atoms with Gasteiger partial charge in [0.1, 0.15) is 11.4 Å². The minimum Gasteiger partial charge on any atom is -0.380 e. The van der Waals surface area contributed by atoms with Gasteiger partial charge >= 0.3 is 0 Å². The highest BCUT2D eigenvalue weighted by atomic mass is 19.1. The number of hydrogen-bond acceptors (Lipinski definition) is 3. The van der Waals surface area contributed by atoms with Crippen molar-refractivity contribution in [3.63, 3.8) is 0 Å². The van der Waals surface area contributed by atoms with Gasteiger partial charge in [-0.15, -0.1) is 0 Å². The molecule has 1 atom stereocenters. The van der Waals surface area contributed by atoms with E-state index in [2.05, 4.69) is 11.0 Å². The molecule has 2 rings (SSSR count). The number of halogens is 1. The molecule has 3 nitrogen and oxygen atoms in total. The highest BCUT2D eigenvalue weighted by molar-refractivity contribution is 5.40.